The van der Waals surface area contributed by atoms with Crippen LogP contribution < -0.4 is 0 Å². The molecule has 1 saturated carbocycles. The van der Waals surface area contributed by atoms with E-state index in [-0.39, 0.29) is 6.61 Å². The first-order valence-corrected chi connectivity index (χ1v) is 10.4. The van der Waals surface area contributed by atoms with Crippen molar-refractivity contribution in [2.45, 2.75) is 51.6 Å². The molecule has 0 bridgehead atoms. The highest BCUT2D eigenvalue weighted by Gasteiger charge is 2.54. The van der Waals surface area contributed by atoms with Gasteiger partial charge in [0.05, 0.1) is 0 Å². The molecule has 1 aliphatic carbocycles. The van der Waals surface area contributed by atoms with E-state index in [9.17, 15) is 9.13 Å². The Labute approximate surface area is 139 Å². The van der Waals surface area contributed by atoms with Gasteiger partial charge in [-0.2, -0.15) is 0 Å². The van der Waals surface area contributed by atoms with Gasteiger partial charge < -0.3 is 24.3 Å². The maximum Gasteiger partial charge on any atom is 0.470 e. The highest BCUT2D eigenvalue weighted by atomic mass is 31.2. The van der Waals surface area contributed by atoms with Crippen molar-refractivity contribution < 1.29 is 52.6 Å². The highest BCUT2D eigenvalue weighted by Crippen LogP contribution is 2.50. The smallest absolute Gasteiger partial charge is 0.373 e. The summed E-state index contributed by atoms with van der Waals surface area (Å²) in [5.74, 6) is -1.18. The summed E-state index contributed by atoms with van der Waals surface area (Å²) in [7, 11) is -10.0. The van der Waals surface area contributed by atoms with Crippen molar-refractivity contribution in [2.75, 3.05) is 6.61 Å². The standard InChI is InChI=1S/C11H24O11P2/c1-4-5-19-10-8(20-12)6(2)7(3)9(21-23(13,14)15)11(10)22-24(16,17)18/h6-12H,4-5H2,1-3H3,(H2,13,14,15)(H2,16,17,18)/t6?,7-,8+,9?,10-,11?/m0/s1. The lowest BCUT2D eigenvalue weighted by atomic mass is 9.74. The van der Waals surface area contributed by atoms with Gasteiger partial charge in [-0.3, -0.25) is 14.3 Å². The first-order chi connectivity index (χ1) is 10.9. The molecule has 0 aromatic carbocycles. The summed E-state index contributed by atoms with van der Waals surface area (Å²) in [6.07, 6.45) is -4.63. The molecule has 0 aromatic heterocycles. The van der Waals surface area contributed by atoms with Crippen molar-refractivity contribution in [1.29, 1.82) is 0 Å². The lowest BCUT2D eigenvalue weighted by Crippen LogP contribution is -2.59. The van der Waals surface area contributed by atoms with Crippen molar-refractivity contribution in [2.24, 2.45) is 11.8 Å². The monoisotopic (exact) mass is 394 g/mol. The zero-order valence-electron chi connectivity index (χ0n) is 13.5. The molecule has 11 nitrogen and oxygen atoms in total. The number of hydrogen-bond donors (Lipinski definition) is 5. The molecule has 24 heavy (non-hydrogen) atoms. The molecule has 13 heteroatoms. The second-order valence-electron chi connectivity index (χ2n) is 5.74. The summed E-state index contributed by atoms with van der Waals surface area (Å²) < 4.78 is 37.4. The highest BCUT2D eigenvalue weighted by molar-refractivity contribution is 7.46. The molecule has 0 spiro atoms. The molecule has 1 rings (SSSR count). The topological polar surface area (TPSA) is 172 Å². The van der Waals surface area contributed by atoms with Crippen LogP contribution in [0.3, 0.4) is 0 Å². The Kier molecular flexibility index (Phi) is 7.99. The summed E-state index contributed by atoms with van der Waals surface area (Å²) >= 11 is 0. The number of phosphoric acid groups is 2. The summed E-state index contributed by atoms with van der Waals surface area (Å²) in [5.41, 5.74) is 0. The fraction of sp³-hybridized carbons (Fsp3) is 1.00. The summed E-state index contributed by atoms with van der Waals surface area (Å²) in [6.45, 7) is 5.09. The minimum absolute atomic E-state index is 0.148. The van der Waals surface area contributed by atoms with Gasteiger partial charge in [0.2, 0.25) is 0 Å². The average molecular weight is 394 g/mol. The van der Waals surface area contributed by atoms with Gasteiger partial charge in [-0.05, 0) is 18.3 Å². The van der Waals surface area contributed by atoms with Gasteiger partial charge in [0.15, 0.2) is 0 Å². The largest absolute Gasteiger partial charge is 0.470 e. The minimum atomic E-state index is -5.04. The van der Waals surface area contributed by atoms with E-state index in [0.717, 1.165) is 0 Å². The average Bonchev–Trinajstić information content (AvgIpc) is 2.42. The van der Waals surface area contributed by atoms with E-state index in [1.807, 2.05) is 0 Å². The van der Waals surface area contributed by atoms with Crippen molar-refractivity contribution in [1.82, 2.24) is 0 Å². The van der Waals surface area contributed by atoms with Gasteiger partial charge in [-0.25, -0.2) is 14.0 Å². The van der Waals surface area contributed by atoms with Gasteiger partial charge in [0.25, 0.3) is 0 Å². The third-order valence-electron chi connectivity index (χ3n) is 3.99. The number of hydrogen-bond acceptors (Lipinski definition) is 7. The zero-order valence-corrected chi connectivity index (χ0v) is 15.2. The van der Waals surface area contributed by atoms with E-state index in [2.05, 4.69) is 9.41 Å². The van der Waals surface area contributed by atoms with E-state index < -0.39 is 51.9 Å². The van der Waals surface area contributed by atoms with Crippen molar-refractivity contribution in [3.8, 4) is 0 Å². The van der Waals surface area contributed by atoms with Gasteiger partial charge >= 0.3 is 15.6 Å². The van der Waals surface area contributed by atoms with Gasteiger partial charge in [0.1, 0.15) is 24.4 Å². The fourth-order valence-corrected chi connectivity index (χ4v) is 3.95. The molecule has 0 aliphatic heterocycles. The van der Waals surface area contributed by atoms with Crippen LogP contribution >= 0.6 is 15.6 Å². The second-order valence-corrected chi connectivity index (χ2v) is 8.13. The lowest BCUT2D eigenvalue weighted by Gasteiger charge is -2.47. The summed E-state index contributed by atoms with van der Waals surface area (Å²) in [6, 6.07) is 0. The second kappa shape index (κ2) is 8.66. The Bertz CT molecular complexity index is 488. The molecule has 1 fully saturated rings. The van der Waals surface area contributed by atoms with E-state index in [1.54, 1.807) is 13.8 Å². The summed E-state index contributed by atoms with van der Waals surface area (Å²) in [5, 5.41) is 9.16. The van der Waals surface area contributed by atoms with Crippen LogP contribution in [0.1, 0.15) is 27.2 Å². The van der Waals surface area contributed by atoms with Crippen LogP contribution in [0.25, 0.3) is 0 Å². The predicted molar refractivity (Wildman–Crippen MR) is 79.7 cm³/mol. The molecule has 0 amide bonds. The van der Waals surface area contributed by atoms with Crippen molar-refractivity contribution in [3.05, 3.63) is 0 Å². The lowest BCUT2D eigenvalue weighted by molar-refractivity contribution is -0.336. The van der Waals surface area contributed by atoms with Crippen molar-refractivity contribution in [3.63, 3.8) is 0 Å². The molecule has 5 N–H and O–H groups in total. The molecule has 0 heterocycles. The van der Waals surface area contributed by atoms with Crippen LogP contribution in [0, 0.1) is 11.8 Å². The molecule has 6 atom stereocenters. The molecule has 144 valence electrons. The SMILES string of the molecule is CCCO[C@@H]1C(OP(=O)(O)O)C(OP(=O)(O)O)[C@@H](C)C(C)[C@H]1OO. The minimum Gasteiger partial charge on any atom is -0.373 e. The molecular weight excluding hydrogens is 370 g/mol. The summed E-state index contributed by atoms with van der Waals surface area (Å²) in [4.78, 5) is 40.8. The van der Waals surface area contributed by atoms with Gasteiger partial charge in [0, 0.05) is 6.61 Å². The molecule has 0 aromatic rings. The normalized spacial score (nSPS) is 35.2. The molecule has 1 aliphatic rings. The van der Waals surface area contributed by atoms with Crippen LogP contribution in [-0.2, 0) is 27.8 Å². The Morgan fingerprint density at radius 3 is 1.71 bits per heavy atom. The number of rotatable bonds is 8. The van der Waals surface area contributed by atoms with Crippen molar-refractivity contribution >= 4 is 15.6 Å². The maximum absolute atomic E-state index is 11.3. The Morgan fingerprint density at radius 2 is 1.29 bits per heavy atom. The van der Waals surface area contributed by atoms with Gasteiger partial charge in [-0.15, -0.1) is 0 Å². The number of phosphoric ester groups is 2. The fourth-order valence-electron chi connectivity index (χ4n) is 2.76. The van der Waals surface area contributed by atoms with Crippen LogP contribution in [0.5, 0.6) is 0 Å². The Hall–Kier alpha value is 0.1000. The maximum atomic E-state index is 11.3. The first-order valence-electron chi connectivity index (χ1n) is 7.31. The molecule has 0 saturated heterocycles. The van der Waals surface area contributed by atoms with Crippen LogP contribution in [0.4, 0.5) is 0 Å². The van der Waals surface area contributed by atoms with E-state index in [4.69, 9.17) is 34.1 Å². The molecular formula is C11H24O11P2. The zero-order chi connectivity index (χ0) is 18.7. The third-order valence-corrected chi connectivity index (χ3v) is 5.03. The quantitative estimate of drug-likeness (QED) is 0.225. The number of ether oxygens (including phenoxy) is 1. The van der Waals surface area contributed by atoms with Gasteiger partial charge in [-0.1, -0.05) is 20.8 Å². The van der Waals surface area contributed by atoms with E-state index in [1.165, 1.54) is 6.92 Å². The molecule has 0 radical (unpaired) electrons. The van der Waals surface area contributed by atoms with E-state index in [0.29, 0.717) is 6.42 Å². The predicted octanol–water partition coefficient (Wildman–Crippen LogP) is 0.881. The van der Waals surface area contributed by atoms with Crippen LogP contribution in [-0.4, -0.2) is 55.9 Å². The Balaban J connectivity index is 3.25. The van der Waals surface area contributed by atoms with Crippen LogP contribution in [0.15, 0.2) is 0 Å². The molecule has 3 unspecified atom stereocenters. The Morgan fingerprint density at radius 1 is 0.833 bits per heavy atom. The first kappa shape index (κ1) is 22.1. The van der Waals surface area contributed by atoms with Crippen LogP contribution in [0.2, 0.25) is 0 Å². The van der Waals surface area contributed by atoms with E-state index >= 15 is 0 Å². The third kappa shape index (κ3) is 6.12.